The predicted octanol–water partition coefficient (Wildman–Crippen LogP) is 3.66. The Kier molecular flexibility index (Phi) is 5.70. The average Bonchev–Trinajstić information content (AvgIpc) is 2.47. The number of rotatable bonds is 4. The molecule has 0 amide bonds. The summed E-state index contributed by atoms with van der Waals surface area (Å²) in [4.78, 5) is 2.81. The molecular formula is C17H34N2. The second kappa shape index (κ2) is 7.08. The van der Waals surface area contributed by atoms with Crippen LogP contribution in [0, 0.1) is 11.8 Å². The van der Waals surface area contributed by atoms with Gasteiger partial charge in [-0.25, -0.2) is 0 Å². The fourth-order valence-corrected chi connectivity index (χ4v) is 4.03. The number of nitrogens with zero attached hydrogens (tertiary/aromatic N) is 1. The SMILES string of the molecule is CCC(C)C1CN(C(C)C2CCCCC2)C(C)CN1. The van der Waals surface area contributed by atoms with Crippen LogP contribution >= 0.6 is 0 Å². The molecule has 2 fully saturated rings. The fraction of sp³-hybridized carbons (Fsp3) is 1.00. The maximum absolute atomic E-state index is 3.77. The van der Waals surface area contributed by atoms with Crippen LogP contribution in [0.25, 0.3) is 0 Å². The van der Waals surface area contributed by atoms with Crippen LogP contribution in [-0.2, 0) is 0 Å². The van der Waals surface area contributed by atoms with Gasteiger partial charge in [0.25, 0.3) is 0 Å². The Balaban J connectivity index is 1.95. The predicted molar refractivity (Wildman–Crippen MR) is 83.5 cm³/mol. The van der Waals surface area contributed by atoms with Crippen molar-refractivity contribution in [3.8, 4) is 0 Å². The van der Waals surface area contributed by atoms with E-state index in [0.29, 0.717) is 12.1 Å². The first kappa shape index (κ1) is 15.3. The van der Waals surface area contributed by atoms with Crippen molar-refractivity contribution in [2.75, 3.05) is 13.1 Å². The minimum atomic E-state index is 0.701. The Morgan fingerprint density at radius 2 is 1.84 bits per heavy atom. The van der Waals surface area contributed by atoms with Gasteiger partial charge in [0.1, 0.15) is 0 Å². The molecule has 4 unspecified atom stereocenters. The molecule has 1 aliphatic carbocycles. The Labute approximate surface area is 120 Å². The van der Waals surface area contributed by atoms with Gasteiger partial charge >= 0.3 is 0 Å². The van der Waals surface area contributed by atoms with E-state index < -0.39 is 0 Å². The normalized spacial score (nSPS) is 34.1. The molecule has 112 valence electrons. The number of piperazine rings is 1. The highest BCUT2D eigenvalue weighted by atomic mass is 15.3. The number of nitrogens with one attached hydrogen (secondary N) is 1. The molecule has 0 spiro atoms. The maximum Gasteiger partial charge on any atom is 0.0221 e. The summed E-state index contributed by atoms with van der Waals surface area (Å²) in [6.45, 7) is 12.0. The van der Waals surface area contributed by atoms with Gasteiger partial charge in [0, 0.05) is 31.2 Å². The molecule has 4 atom stereocenters. The third-order valence-corrected chi connectivity index (χ3v) is 5.84. The van der Waals surface area contributed by atoms with Crippen molar-refractivity contribution >= 4 is 0 Å². The maximum atomic E-state index is 3.77. The van der Waals surface area contributed by atoms with Crippen LogP contribution in [0.15, 0.2) is 0 Å². The topological polar surface area (TPSA) is 15.3 Å². The second-order valence-electron chi connectivity index (χ2n) is 7.08. The molecule has 0 bridgehead atoms. The molecule has 0 aromatic rings. The zero-order chi connectivity index (χ0) is 13.8. The van der Waals surface area contributed by atoms with Crippen molar-refractivity contribution in [3.05, 3.63) is 0 Å². The fourth-order valence-electron chi connectivity index (χ4n) is 4.03. The van der Waals surface area contributed by atoms with Crippen LogP contribution in [0.5, 0.6) is 0 Å². The largest absolute Gasteiger partial charge is 0.311 e. The first-order valence-corrected chi connectivity index (χ1v) is 8.62. The van der Waals surface area contributed by atoms with Crippen LogP contribution in [0.4, 0.5) is 0 Å². The van der Waals surface area contributed by atoms with Crippen molar-refractivity contribution in [2.24, 2.45) is 11.8 Å². The van der Waals surface area contributed by atoms with Crippen LogP contribution in [-0.4, -0.2) is 36.1 Å². The molecule has 0 aromatic carbocycles. The van der Waals surface area contributed by atoms with E-state index in [0.717, 1.165) is 17.9 Å². The molecule has 1 aliphatic heterocycles. The molecule has 2 rings (SSSR count). The van der Waals surface area contributed by atoms with Gasteiger partial charge in [-0.3, -0.25) is 4.90 Å². The molecule has 0 aromatic heterocycles. The highest BCUT2D eigenvalue weighted by Crippen LogP contribution is 2.31. The lowest BCUT2D eigenvalue weighted by atomic mass is 9.82. The summed E-state index contributed by atoms with van der Waals surface area (Å²) >= 11 is 0. The molecule has 2 nitrogen and oxygen atoms in total. The summed E-state index contributed by atoms with van der Waals surface area (Å²) in [5, 5.41) is 3.77. The van der Waals surface area contributed by atoms with Crippen molar-refractivity contribution < 1.29 is 0 Å². The zero-order valence-corrected chi connectivity index (χ0v) is 13.5. The molecule has 1 saturated heterocycles. The van der Waals surface area contributed by atoms with E-state index in [1.165, 1.54) is 51.6 Å². The summed E-state index contributed by atoms with van der Waals surface area (Å²) in [5.74, 6) is 1.75. The van der Waals surface area contributed by atoms with E-state index >= 15 is 0 Å². The Morgan fingerprint density at radius 3 is 2.47 bits per heavy atom. The molecule has 19 heavy (non-hydrogen) atoms. The van der Waals surface area contributed by atoms with Crippen LogP contribution in [0.3, 0.4) is 0 Å². The Morgan fingerprint density at radius 1 is 1.16 bits per heavy atom. The summed E-state index contributed by atoms with van der Waals surface area (Å²) < 4.78 is 0. The first-order chi connectivity index (χ1) is 9.13. The highest BCUT2D eigenvalue weighted by molar-refractivity contribution is 4.91. The molecule has 1 N–H and O–H groups in total. The molecule has 1 saturated carbocycles. The third kappa shape index (κ3) is 3.72. The van der Waals surface area contributed by atoms with Crippen LogP contribution < -0.4 is 5.32 Å². The molecule has 2 heteroatoms. The second-order valence-corrected chi connectivity index (χ2v) is 7.08. The van der Waals surface area contributed by atoms with Crippen molar-refractivity contribution in [1.29, 1.82) is 0 Å². The van der Waals surface area contributed by atoms with Gasteiger partial charge in [-0.1, -0.05) is 39.5 Å². The van der Waals surface area contributed by atoms with Crippen molar-refractivity contribution in [3.63, 3.8) is 0 Å². The molecule has 0 radical (unpaired) electrons. The summed E-state index contributed by atoms with van der Waals surface area (Å²) in [7, 11) is 0. The molecular weight excluding hydrogens is 232 g/mol. The van der Waals surface area contributed by atoms with Gasteiger partial charge in [0.15, 0.2) is 0 Å². The number of hydrogen-bond acceptors (Lipinski definition) is 2. The monoisotopic (exact) mass is 266 g/mol. The van der Waals surface area contributed by atoms with Gasteiger partial charge in [-0.05, 0) is 38.5 Å². The standard InChI is InChI=1S/C17H34N2/c1-5-13(2)17-12-19(14(3)11-18-17)15(4)16-9-7-6-8-10-16/h13-18H,5-12H2,1-4H3. The van der Waals surface area contributed by atoms with Gasteiger partial charge in [0.05, 0.1) is 0 Å². The van der Waals surface area contributed by atoms with Gasteiger partial charge < -0.3 is 5.32 Å². The van der Waals surface area contributed by atoms with Crippen molar-refractivity contribution in [1.82, 2.24) is 10.2 Å². The lowest BCUT2D eigenvalue weighted by molar-refractivity contribution is 0.0453. The van der Waals surface area contributed by atoms with Gasteiger partial charge in [0.2, 0.25) is 0 Å². The average molecular weight is 266 g/mol. The summed E-state index contributed by atoms with van der Waals surface area (Å²) in [6.07, 6.45) is 8.61. The van der Waals surface area contributed by atoms with Crippen molar-refractivity contribution in [2.45, 2.75) is 84.3 Å². The third-order valence-electron chi connectivity index (χ3n) is 5.84. The smallest absolute Gasteiger partial charge is 0.0221 e. The highest BCUT2D eigenvalue weighted by Gasteiger charge is 2.33. The zero-order valence-electron chi connectivity index (χ0n) is 13.5. The van der Waals surface area contributed by atoms with Gasteiger partial charge in [-0.15, -0.1) is 0 Å². The Hall–Kier alpha value is -0.0800. The first-order valence-electron chi connectivity index (χ1n) is 8.62. The Bertz CT molecular complexity index is 260. The van der Waals surface area contributed by atoms with E-state index in [1.54, 1.807) is 0 Å². The summed E-state index contributed by atoms with van der Waals surface area (Å²) in [6, 6.07) is 2.19. The molecule has 2 aliphatic rings. The van der Waals surface area contributed by atoms with E-state index in [-0.39, 0.29) is 0 Å². The minimum absolute atomic E-state index is 0.701. The lowest BCUT2D eigenvalue weighted by Crippen LogP contribution is -2.60. The van der Waals surface area contributed by atoms with E-state index in [2.05, 4.69) is 37.9 Å². The minimum Gasteiger partial charge on any atom is -0.311 e. The van der Waals surface area contributed by atoms with E-state index in [1.807, 2.05) is 0 Å². The summed E-state index contributed by atoms with van der Waals surface area (Å²) in [5.41, 5.74) is 0. The van der Waals surface area contributed by atoms with Crippen LogP contribution in [0.2, 0.25) is 0 Å². The molecule has 1 heterocycles. The quantitative estimate of drug-likeness (QED) is 0.835. The number of hydrogen-bond donors (Lipinski definition) is 1. The van der Waals surface area contributed by atoms with Crippen LogP contribution in [0.1, 0.15) is 66.2 Å². The lowest BCUT2D eigenvalue weighted by Gasteiger charge is -2.46. The van der Waals surface area contributed by atoms with E-state index in [4.69, 9.17) is 0 Å². The van der Waals surface area contributed by atoms with E-state index in [9.17, 15) is 0 Å². The van der Waals surface area contributed by atoms with Gasteiger partial charge in [-0.2, -0.15) is 0 Å².